The summed E-state index contributed by atoms with van der Waals surface area (Å²) in [5.74, 6) is 0.104. The fourth-order valence-electron chi connectivity index (χ4n) is 4.29. The molecule has 0 aliphatic carbocycles. The van der Waals surface area contributed by atoms with Crippen LogP contribution < -0.4 is 4.74 Å². The van der Waals surface area contributed by atoms with Crippen LogP contribution in [0.25, 0.3) is 0 Å². The van der Waals surface area contributed by atoms with Crippen LogP contribution in [0.3, 0.4) is 0 Å². The van der Waals surface area contributed by atoms with Crippen LogP contribution in [0, 0.1) is 5.82 Å². The van der Waals surface area contributed by atoms with Crippen molar-refractivity contribution in [2.24, 2.45) is 0 Å². The number of halogens is 2. The molecule has 0 spiro atoms. The normalized spacial score (nSPS) is 18.3. The lowest BCUT2D eigenvalue weighted by atomic mass is 10.0. The number of rotatable bonds is 7. The highest BCUT2D eigenvalue weighted by atomic mass is 35.5. The molecule has 0 unspecified atom stereocenters. The molecule has 1 fully saturated rings. The van der Waals surface area contributed by atoms with Gasteiger partial charge in [0, 0.05) is 47.9 Å². The average Bonchev–Trinajstić information content (AvgIpc) is 2.86. The van der Waals surface area contributed by atoms with E-state index in [1.54, 1.807) is 60.7 Å². The van der Waals surface area contributed by atoms with Gasteiger partial charge in [-0.2, -0.15) is 0 Å². The van der Waals surface area contributed by atoms with Crippen molar-refractivity contribution in [3.8, 4) is 5.75 Å². The van der Waals surface area contributed by atoms with Crippen molar-refractivity contribution in [2.45, 2.75) is 32.5 Å². The molecule has 0 N–H and O–H groups in total. The first-order valence-electron chi connectivity index (χ1n) is 11.6. The second kappa shape index (κ2) is 11.0. The van der Waals surface area contributed by atoms with E-state index in [0.717, 1.165) is 12.1 Å². The van der Waals surface area contributed by atoms with E-state index in [1.165, 1.54) is 12.1 Å². The van der Waals surface area contributed by atoms with Crippen molar-refractivity contribution >= 4 is 23.3 Å². The van der Waals surface area contributed by atoms with Crippen LogP contribution in [0.1, 0.15) is 35.3 Å². The Balaban J connectivity index is 1.30. The molecule has 7 heteroatoms. The van der Waals surface area contributed by atoms with Gasteiger partial charge in [0.15, 0.2) is 12.4 Å². The van der Waals surface area contributed by atoms with E-state index in [-0.39, 0.29) is 36.2 Å². The van der Waals surface area contributed by atoms with Crippen LogP contribution >= 0.6 is 11.6 Å². The summed E-state index contributed by atoms with van der Waals surface area (Å²) >= 11 is 5.89. The van der Waals surface area contributed by atoms with Gasteiger partial charge < -0.3 is 9.64 Å². The minimum absolute atomic E-state index is 0.0297. The van der Waals surface area contributed by atoms with Gasteiger partial charge in [-0.1, -0.05) is 23.7 Å². The van der Waals surface area contributed by atoms with Gasteiger partial charge in [0.2, 0.25) is 0 Å². The van der Waals surface area contributed by atoms with Crippen LogP contribution in [-0.4, -0.2) is 53.3 Å². The van der Waals surface area contributed by atoms with Gasteiger partial charge >= 0.3 is 0 Å². The van der Waals surface area contributed by atoms with Gasteiger partial charge in [-0.3, -0.25) is 14.5 Å². The fourth-order valence-corrected chi connectivity index (χ4v) is 4.41. The Labute approximate surface area is 210 Å². The first kappa shape index (κ1) is 24.9. The number of ether oxygens (including phenoxy) is 1. The van der Waals surface area contributed by atoms with E-state index in [4.69, 9.17) is 16.3 Å². The molecule has 35 heavy (non-hydrogen) atoms. The highest BCUT2D eigenvalue weighted by Crippen LogP contribution is 2.20. The zero-order chi connectivity index (χ0) is 24.9. The summed E-state index contributed by atoms with van der Waals surface area (Å²) in [4.78, 5) is 29.6. The Hall–Kier alpha value is -3.22. The maximum atomic E-state index is 13.2. The Bertz CT molecular complexity index is 1170. The molecule has 0 saturated carbocycles. The third-order valence-corrected chi connectivity index (χ3v) is 6.57. The number of hydrogen-bond acceptors (Lipinski definition) is 4. The molecule has 0 bridgehead atoms. The van der Waals surface area contributed by atoms with Crippen molar-refractivity contribution in [3.63, 3.8) is 0 Å². The molecule has 3 aromatic carbocycles. The fraction of sp³-hybridized carbons (Fsp3) is 0.286. The molecule has 182 valence electrons. The van der Waals surface area contributed by atoms with E-state index in [0.29, 0.717) is 35.0 Å². The Kier molecular flexibility index (Phi) is 7.83. The van der Waals surface area contributed by atoms with Crippen molar-refractivity contribution < 1.29 is 18.7 Å². The van der Waals surface area contributed by atoms with Crippen molar-refractivity contribution in [2.75, 3.05) is 19.7 Å². The monoisotopic (exact) mass is 494 g/mol. The zero-order valence-electron chi connectivity index (χ0n) is 19.8. The highest BCUT2D eigenvalue weighted by molar-refractivity contribution is 6.30. The summed E-state index contributed by atoms with van der Waals surface area (Å²) < 4.78 is 18.9. The molecule has 5 nitrogen and oxygen atoms in total. The first-order valence-corrected chi connectivity index (χ1v) is 12.0. The summed E-state index contributed by atoms with van der Waals surface area (Å²) in [5.41, 5.74) is 2.14. The maximum absolute atomic E-state index is 13.2. The van der Waals surface area contributed by atoms with Gasteiger partial charge in [0.05, 0.1) is 0 Å². The van der Waals surface area contributed by atoms with E-state index in [9.17, 15) is 14.0 Å². The van der Waals surface area contributed by atoms with Gasteiger partial charge in [0.1, 0.15) is 11.6 Å². The van der Waals surface area contributed by atoms with Gasteiger partial charge in [-0.05, 0) is 80.1 Å². The third kappa shape index (κ3) is 6.27. The number of hydrogen-bond donors (Lipinski definition) is 0. The molecule has 1 aliphatic heterocycles. The molecule has 0 aromatic heterocycles. The molecule has 4 rings (SSSR count). The Morgan fingerprint density at radius 1 is 0.886 bits per heavy atom. The molecule has 1 aliphatic rings. The second-order valence-electron chi connectivity index (χ2n) is 8.95. The summed E-state index contributed by atoms with van der Waals surface area (Å²) in [6.45, 7) is 6.08. The molecular formula is C28H28ClFN2O3. The first-order chi connectivity index (χ1) is 16.8. The standard InChI is InChI=1S/C28H28ClFN2O3/c1-19-16-32(20(2)15-31(19)17-21-3-11-25(30)12-4-21)27(33)18-35-26-13-7-23(8-14-26)28(34)22-5-9-24(29)10-6-22/h3-14,19-20H,15-18H2,1-2H3/t19-,20+/m0/s1. The summed E-state index contributed by atoms with van der Waals surface area (Å²) in [5, 5.41) is 0.577. The van der Waals surface area contributed by atoms with Gasteiger partial charge in [0.25, 0.3) is 5.91 Å². The van der Waals surface area contributed by atoms with Crippen LogP contribution in [0.15, 0.2) is 72.8 Å². The van der Waals surface area contributed by atoms with E-state index in [1.807, 2.05) is 11.8 Å². The number of amides is 1. The summed E-state index contributed by atoms with van der Waals surface area (Å²) in [7, 11) is 0. The van der Waals surface area contributed by atoms with E-state index >= 15 is 0 Å². The van der Waals surface area contributed by atoms with Gasteiger partial charge in [-0.25, -0.2) is 4.39 Å². The highest BCUT2D eigenvalue weighted by Gasteiger charge is 2.32. The number of carbonyl (C=O) groups excluding carboxylic acids is 2. The third-order valence-electron chi connectivity index (χ3n) is 6.32. The number of carbonyl (C=O) groups is 2. The largest absolute Gasteiger partial charge is 0.484 e. The number of benzene rings is 3. The molecule has 2 atom stereocenters. The smallest absolute Gasteiger partial charge is 0.260 e. The molecule has 0 radical (unpaired) electrons. The summed E-state index contributed by atoms with van der Waals surface area (Å²) in [6, 6.07) is 20.3. The molecular weight excluding hydrogens is 467 g/mol. The molecule has 1 heterocycles. The Morgan fingerprint density at radius 2 is 1.49 bits per heavy atom. The van der Waals surface area contributed by atoms with Crippen LogP contribution in [0.2, 0.25) is 5.02 Å². The molecule has 1 saturated heterocycles. The number of nitrogens with zero attached hydrogens (tertiary/aromatic N) is 2. The molecule has 3 aromatic rings. The SMILES string of the molecule is C[C@@H]1CN(Cc2ccc(F)cc2)[C@@H](C)CN1C(=O)COc1ccc(C(=O)c2ccc(Cl)cc2)cc1. The molecule has 1 amide bonds. The van der Waals surface area contributed by atoms with Gasteiger partial charge in [-0.15, -0.1) is 0 Å². The minimum Gasteiger partial charge on any atom is -0.484 e. The lowest BCUT2D eigenvalue weighted by molar-refractivity contribution is -0.139. The summed E-state index contributed by atoms with van der Waals surface area (Å²) in [6.07, 6.45) is 0. The lowest BCUT2D eigenvalue weighted by Crippen LogP contribution is -2.58. The van der Waals surface area contributed by atoms with Crippen LogP contribution in [-0.2, 0) is 11.3 Å². The average molecular weight is 495 g/mol. The number of ketones is 1. The van der Waals surface area contributed by atoms with E-state index in [2.05, 4.69) is 11.8 Å². The quantitative estimate of drug-likeness (QED) is 0.423. The Morgan fingerprint density at radius 3 is 2.11 bits per heavy atom. The van der Waals surface area contributed by atoms with Crippen molar-refractivity contribution in [3.05, 3.63) is 100 Å². The van der Waals surface area contributed by atoms with E-state index < -0.39 is 0 Å². The van der Waals surface area contributed by atoms with Crippen LogP contribution in [0.5, 0.6) is 5.75 Å². The minimum atomic E-state index is -0.242. The zero-order valence-corrected chi connectivity index (χ0v) is 20.5. The predicted molar refractivity (Wildman–Crippen MR) is 134 cm³/mol. The maximum Gasteiger partial charge on any atom is 0.260 e. The predicted octanol–water partition coefficient (Wildman–Crippen LogP) is 5.21. The van der Waals surface area contributed by atoms with Crippen molar-refractivity contribution in [1.29, 1.82) is 0 Å². The lowest BCUT2D eigenvalue weighted by Gasteiger charge is -2.44. The topological polar surface area (TPSA) is 49.9 Å². The number of piperazine rings is 1. The van der Waals surface area contributed by atoms with Crippen molar-refractivity contribution in [1.82, 2.24) is 9.80 Å². The second-order valence-corrected chi connectivity index (χ2v) is 9.39. The van der Waals surface area contributed by atoms with Crippen LogP contribution in [0.4, 0.5) is 4.39 Å².